The highest BCUT2D eigenvalue weighted by atomic mass is 16.5. The third-order valence-electron chi connectivity index (χ3n) is 3.75. The Morgan fingerprint density at radius 1 is 0.895 bits per heavy atom. The minimum Gasteiger partial charge on any atom is -0.384 e. The van der Waals surface area contributed by atoms with Crippen molar-refractivity contribution in [3.63, 3.8) is 0 Å². The molecule has 0 bridgehead atoms. The van der Waals surface area contributed by atoms with Gasteiger partial charge in [0.2, 0.25) is 0 Å². The van der Waals surface area contributed by atoms with Gasteiger partial charge in [-0.05, 0) is 29.4 Å². The molecule has 1 heteroatoms. The van der Waals surface area contributed by atoms with Gasteiger partial charge < -0.3 is 4.74 Å². The van der Waals surface area contributed by atoms with E-state index in [9.17, 15) is 0 Å². The van der Waals surface area contributed by atoms with Gasteiger partial charge in [-0.25, -0.2) is 0 Å². The summed E-state index contributed by atoms with van der Waals surface area (Å²) in [6.07, 6.45) is 1.06. The van der Waals surface area contributed by atoms with Gasteiger partial charge in [0.05, 0.1) is 0 Å². The van der Waals surface area contributed by atoms with Crippen LogP contribution in [0.15, 0.2) is 60.7 Å². The normalized spacial score (nSPS) is 14.0. The van der Waals surface area contributed by atoms with E-state index in [1.807, 2.05) is 0 Å². The smallest absolute Gasteiger partial charge is 0.0499 e. The molecule has 0 aliphatic rings. The number of methoxy groups -OCH3 is 1. The van der Waals surface area contributed by atoms with Crippen molar-refractivity contribution in [3.8, 4) is 0 Å². The first-order chi connectivity index (χ1) is 9.31. The Bertz CT molecular complexity index is 464. The van der Waals surface area contributed by atoms with Crippen molar-refractivity contribution < 1.29 is 4.74 Å². The van der Waals surface area contributed by atoms with E-state index in [2.05, 4.69) is 67.6 Å². The molecular weight excluding hydrogens is 232 g/mol. The predicted molar refractivity (Wildman–Crippen MR) is 80.4 cm³/mol. The van der Waals surface area contributed by atoms with Crippen molar-refractivity contribution in [1.29, 1.82) is 0 Å². The van der Waals surface area contributed by atoms with Crippen LogP contribution in [0.2, 0.25) is 0 Å². The molecule has 19 heavy (non-hydrogen) atoms. The van der Waals surface area contributed by atoms with Crippen LogP contribution in [0.25, 0.3) is 0 Å². The van der Waals surface area contributed by atoms with Gasteiger partial charge in [0, 0.05) is 13.7 Å². The lowest BCUT2D eigenvalue weighted by Crippen LogP contribution is -2.18. The lowest BCUT2D eigenvalue weighted by atomic mass is 9.84. The fraction of sp³-hybridized carbons (Fsp3) is 0.333. The summed E-state index contributed by atoms with van der Waals surface area (Å²) in [5, 5.41) is 0. The van der Waals surface area contributed by atoms with E-state index in [1.54, 1.807) is 7.11 Å². The van der Waals surface area contributed by atoms with Crippen molar-refractivity contribution in [1.82, 2.24) is 0 Å². The van der Waals surface area contributed by atoms with Crippen LogP contribution in [-0.2, 0) is 11.2 Å². The first kappa shape index (κ1) is 13.8. The van der Waals surface area contributed by atoms with E-state index in [0.29, 0.717) is 11.8 Å². The predicted octanol–water partition coefficient (Wildman–Crippen LogP) is 4.30. The average Bonchev–Trinajstić information content (AvgIpc) is 2.48. The maximum atomic E-state index is 5.42. The highest BCUT2D eigenvalue weighted by Crippen LogP contribution is 2.27. The SMILES string of the molecule is COC[C@@H](Cc1ccccc1)[C@H](C)c1ccccc1. The third kappa shape index (κ3) is 3.93. The molecule has 1 nitrogen and oxygen atoms in total. The Labute approximate surface area is 116 Å². The number of ether oxygens (including phenoxy) is 1. The van der Waals surface area contributed by atoms with Crippen LogP contribution < -0.4 is 0 Å². The largest absolute Gasteiger partial charge is 0.384 e. The molecule has 2 atom stereocenters. The van der Waals surface area contributed by atoms with Gasteiger partial charge in [-0.2, -0.15) is 0 Å². The molecule has 0 heterocycles. The summed E-state index contributed by atoms with van der Waals surface area (Å²) in [6, 6.07) is 21.4. The Morgan fingerprint density at radius 3 is 2.05 bits per heavy atom. The topological polar surface area (TPSA) is 9.23 Å². The second-order valence-electron chi connectivity index (χ2n) is 5.10. The number of benzene rings is 2. The molecule has 0 aliphatic heterocycles. The molecule has 100 valence electrons. The lowest BCUT2D eigenvalue weighted by Gasteiger charge is -2.24. The minimum atomic E-state index is 0.501. The first-order valence-corrected chi connectivity index (χ1v) is 6.89. The second kappa shape index (κ2) is 7.10. The van der Waals surface area contributed by atoms with Crippen LogP contribution in [0.5, 0.6) is 0 Å². The van der Waals surface area contributed by atoms with Crippen LogP contribution in [0.4, 0.5) is 0 Å². The summed E-state index contributed by atoms with van der Waals surface area (Å²) in [7, 11) is 1.79. The number of hydrogen-bond acceptors (Lipinski definition) is 1. The van der Waals surface area contributed by atoms with Crippen molar-refractivity contribution in [3.05, 3.63) is 71.8 Å². The summed E-state index contributed by atoms with van der Waals surface area (Å²) in [4.78, 5) is 0. The number of hydrogen-bond donors (Lipinski definition) is 0. The van der Waals surface area contributed by atoms with E-state index < -0.39 is 0 Å². The maximum absolute atomic E-state index is 5.42. The zero-order chi connectivity index (χ0) is 13.5. The second-order valence-corrected chi connectivity index (χ2v) is 5.10. The molecule has 0 saturated carbocycles. The molecule has 0 unspecified atom stereocenters. The lowest BCUT2D eigenvalue weighted by molar-refractivity contribution is 0.141. The third-order valence-corrected chi connectivity index (χ3v) is 3.75. The van der Waals surface area contributed by atoms with Crippen molar-refractivity contribution in [2.45, 2.75) is 19.3 Å². The van der Waals surface area contributed by atoms with E-state index in [-0.39, 0.29) is 0 Å². The molecule has 0 fully saturated rings. The zero-order valence-corrected chi connectivity index (χ0v) is 11.8. The van der Waals surface area contributed by atoms with Gasteiger partial charge in [-0.1, -0.05) is 67.6 Å². The summed E-state index contributed by atoms with van der Waals surface area (Å²) in [6.45, 7) is 3.09. The van der Waals surface area contributed by atoms with E-state index in [1.165, 1.54) is 11.1 Å². The van der Waals surface area contributed by atoms with Gasteiger partial charge in [-0.15, -0.1) is 0 Å². The monoisotopic (exact) mass is 254 g/mol. The summed E-state index contributed by atoms with van der Waals surface area (Å²) in [5.41, 5.74) is 2.77. The van der Waals surface area contributed by atoms with Crippen LogP contribution in [0.1, 0.15) is 24.0 Å². The Morgan fingerprint density at radius 2 is 1.47 bits per heavy atom. The Hall–Kier alpha value is -1.60. The molecule has 0 aromatic heterocycles. The molecule has 0 radical (unpaired) electrons. The molecule has 0 amide bonds. The van der Waals surface area contributed by atoms with Crippen molar-refractivity contribution in [2.24, 2.45) is 5.92 Å². The van der Waals surface area contributed by atoms with Gasteiger partial charge in [0.1, 0.15) is 0 Å². The first-order valence-electron chi connectivity index (χ1n) is 6.89. The Kier molecular flexibility index (Phi) is 5.17. The molecule has 0 spiro atoms. The average molecular weight is 254 g/mol. The number of rotatable bonds is 6. The van der Waals surface area contributed by atoms with Crippen LogP contribution >= 0.6 is 0 Å². The van der Waals surface area contributed by atoms with Crippen molar-refractivity contribution in [2.75, 3.05) is 13.7 Å². The molecule has 0 N–H and O–H groups in total. The molecule has 2 aromatic carbocycles. The fourth-order valence-corrected chi connectivity index (χ4v) is 2.54. The van der Waals surface area contributed by atoms with E-state index in [0.717, 1.165) is 13.0 Å². The molecule has 0 aliphatic carbocycles. The van der Waals surface area contributed by atoms with Crippen LogP contribution in [0.3, 0.4) is 0 Å². The highest BCUT2D eigenvalue weighted by Gasteiger charge is 2.19. The van der Waals surface area contributed by atoms with Crippen LogP contribution in [0, 0.1) is 5.92 Å². The fourth-order valence-electron chi connectivity index (χ4n) is 2.54. The highest BCUT2D eigenvalue weighted by molar-refractivity contribution is 5.21. The van der Waals surface area contributed by atoms with Crippen molar-refractivity contribution >= 4 is 0 Å². The standard InChI is InChI=1S/C18H22O/c1-15(17-11-7-4-8-12-17)18(14-19-2)13-16-9-5-3-6-10-16/h3-12,15,18H,13-14H2,1-2H3/t15-,18-/m1/s1. The van der Waals surface area contributed by atoms with Crippen LogP contribution in [-0.4, -0.2) is 13.7 Å². The maximum Gasteiger partial charge on any atom is 0.0499 e. The quantitative estimate of drug-likeness (QED) is 0.747. The van der Waals surface area contributed by atoms with E-state index >= 15 is 0 Å². The van der Waals surface area contributed by atoms with Gasteiger partial charge >= 0.3 is 0 Å². The van der Waals surface area contributed by atoms with Gasteiger partial charge in [0.15, 0.2) is 0 Å². The van der Waals surface area contributed by atoms with Gasteiger partial charge in [-0.3, -0.25) is 0 Å². The van der Waals surface area contributed by atoms with Gasteiger partial charge in [0.25, 0.3) is 0 Å². The molecule has 2 rings (SSSR count). The molecule has 2 aromatic rings. The summed E-state index contributed by atoms with van der Waals surface area (Å²) >= 11 is 0. The van der Waals surface area contributed by atoms with E-state index in [4.69, 9.17) is 4.74 Å². The summed E-state index contributed by atoms with van der Waals surface area (Å²) in [5.74, 6) is 1.01. The molecule has 0 saturated heterocycles. The summed E-state index contributed by atoms with van der Waals surface area (Å²) < 4.78 is 5.42. The zero-order valence-electron chi connectivity index (χ0n) is 11.8. The Balaban J connectivity index is 2.11. The minimum absolute atomic E-state index is 0.501. The molecular formula is C18H22O.